The molecule has 2 unspecified atom stereocenters. The highest BCUT2D eigenvalue weighted by atomic mass is 16.6. The molecule has 2 saturated heterocycles. The molecule has 0 aromatic rings. The SMILES string of the molecule is CC(C)(C)OC(=O)N[C@H](C(=O)O)C1CC2CCC(C1)N2C(=O)OC(C)(C)C. The van der Waals surface area contributed by atoms with E-state index in [2.05, 4.69) is 5.32 Å². The molecule has 0 aliphatic carbocycles. The first kappa shape index (κ1) is 21.3. The molecule has 8 nitrogen and oxygen atoms in total. The van der Waals surface area contributed by atoms with Crippen LogP contribution < -0.4 is 5.32 Å². The number of carboxylic acid groups (broad SMARTS) is 1. The molecule has 2 heterocycles. The van der Waals surface area contributed by atoms with E-state index >= 15 is 0 Å². The minimum absolute atomic E-state index is 0.0640. The van der Waals surface area contributed by atoms with Crippen LogP contribution in [0.5, 0.6) is 0 Å². The Labute approximate surface area is 160 Å². The number of alkyl carbamates (subject to hydrolysis) is 1. The minimum atomic E-state index is -1.09. The summed E-state index contributed by atoms with van der Waals surface area (Å²) in [6, 6.07) is -1.17. The van der Waals surface area contributed by atoms with Crippen LogP contribution in [-0.4, -0.2) is 57.5 Å². The lowest BCUT2D eigenvalue weighted by molar-refractivity contribution is -0.141. The summed E-state index contributed by atoms with van der Waals surface area (Å²) in [7, 11) is 0. The van der Waals surface area contributed by atoms with E-state index in [-0.39, 0.29) is 24.1 Å². The highest BCUT2D eigenvalue weighted by Gasteiger charge is 2.48. The number of amides is 2. The molecule has 2 bridgehead atoms. The van der Waals surface area contributed by atoms with Gasteiger partial charge in [-0.05, 0) is 73.1 Å². The molecular weight excluding hydrogens is 352 g/mol. The van der Waals surface area contributed by atoms with Gasteiger partial charge in [0.2, 0.25) is 0 Å². The second-order valence-electron chi connectivity index (χ2n) is 9.47. The zero-order valence-corrected chi connectivity index (χ0v) is 17.1. The molecule has 3 atom stereocenters. The van der Waals surface area contributed by atoms with Crippen LogP contribution in [0.15, 0.2) is 0 Å². The maximum absolute atomic E-state index is 12.5. The monoisotopic (exact) mass is 384 g/mol. The molecule has 27 heavy (non-hydrogen) atoms. The Kier molecular flexibility index (Phi) is 5.97. The standard InChI is InChI=1S/C19H32N2O6/c1-18(2,3)26-16(24)20-14(15(22)23)11-9-12-7-8-13(10-11)21(12)17(25)27-19(4,5)6/h11-14H,7-10H2,1-6H3,(H,20,24)(H,22,23)/t11?,12?,13?,14-/m0/s1. The number of fused-ring (bicyclic) bond motifs is 2. The molecule has 2 rings (SSSR count). The molecule has 0 aromatic carbocycles. The van der Waals surface area contributed by atoms with E-state index in [1.807, 2.05) is 20.8 Å². The van der Waals surface area contributed by atoms with Crippen LogP contribution in [0.25, 0.3) is 0 Å². The van der Waals surface area contributed by atoms with Crippen molar-refractivity contribution in [1.82, 2.24) is 10.2 Å². The Balaban J connectivity index is 2.05. The fourth-order valence-corrected chi connectivity index (χ4v) is 3.92. The quantitative estimate of drug-likeness (QED) is 0.774. The molecule has 8 heteroatoms. The van der Waals surface area contributed by atoms with E-state index in [1.165, 1.54) is 0 Å². The normalized spacial score (nSPS) is 26.3. The highest BCUT2D eigenvalue weighted by Crippen LogP contribution is 2.40. The van der Waals surface area contributed by atoms with E-state index in [0.717, 1.165) is 12.8 Å². The van der Waals surface area contributed by atoms with Crippen molar-refractivity contribution in [3.63, 3.8) is 0 Å². The number of ether oxygens (including phenoxy) is 2. The molecule has 0 radical (unpaired) electrons. The van der Waals surface area contributed by atoms with Crippen LogP contribution in [-0.2, 0) is 14.3 Å². The van der Waals surface area contributed by atoms with E-state index in [0.29, 0.717) is 12.8 Å². The summed E-state index contributed by atoms with van der Waals surface area (Å²) in [5.74, 6) is -1.35. The van der Waals surface area contributed by atoms with Crippen LogP contribution in [0.2, 0.25) is 0 Å². The molecule has 0 spiro atoms. The third-order valence-corrected chi connectivity index (χ3v) is 4.78. The molecule has 0 saturated carbocycles. The lowest BCUT2D eigenvalue weighted by atomic mass is 9.85. The van der Waals surface area contributed by atoms with Crippen molar-refractivity contribution < 1.29 is 29.0 Å². The van der Waals surface area contributed by atoms with E-state index in [1.54, 1.807) is 25.7 Å². The number of carboxylic acids is 1. The second-order valence-corrected chi connectivity index (χ2v) is 9.47. The van der Waals surface area contributed by atoms with Gasteiger partial charge in [0, 0.05) is 12.1 Å². The molecule has 2 fully saturated rings. The third-order valence-electron chi connectivity index (χ3n) is 4.78. The summed E-state index contributed by atoms with van der Waals surface area (Å²) in [5, 5.41) is 12.1. The summed E-state index contributed by atoms with van der Waals surface area (Å²) in [5.41, 5.74) is -1.28. The van der Waals surface area contributed by atoms with Gasteiger partial charge in [0.05, 0.1) is 0 Å². The van der Waals surface area contributed by atoms with Gasteiger partial charge in [-0.1, -0.05) is 0 Å². The number of carbonyl (C=O) groups excluding carboxylic acids is 2. The van der Waals surface area contributed by atoms with E-state index in [9.17, 15) is 19.5 Å². The fraction of sp³-hybridized carbons (Fsp3) is 0.842. The Morgan fingerprint density at radius 1 is 0.963 bits per heavy atom. The van der Waals surface area contributed by atoms with Gasteiger partial charge in [-0.15, -0.1) is 0 Å². The van der Waals surface area contributed by atoms with Crippen LogP contribution in [0.3, 0.4) is 0 Å². The number of nitrogens with zero attached hydrogens (tertiary/aromatic N) is 1. The first-order valence-electron chi connectivity index (χ1n) is 9.50. The van der Waals surface area contributed by atoms with Gasteiger partial charge >= 0.3 is 18.2 Å². The van der Waals surface area contributed by atoms with Gasteiger partial charge in [0.15, 0.2) is 0 Å². The van der Waals surface area contributed by atoms with Crippen molar-refractivity contribution in [3.05, 3.63) is 0 Å². The average molecular weight is 384 g/mol. The summed E-state index contributed by atoms with van der Waals surface area (Å²) in [4.78, 5) is 38.1. The summed E-state index contributed by atoms with van der Waals surface area (Å²) in [6.07, 6.45) is 1.58. The maximum Gasteiger partial charge on any atom is 0.410 e. The van der Waals surface area contributed by atoms with Crippen molar-refractivity contribution in [1.29, 1.82) is 0 Å². The van der Waals surface area contributed by atoms with Crippen LogP contribution >= 0.6 is 0 Å². The summed E-state index contributed by atoms with van der Waals surface area (Å²) < 4.78 is 10.7. The molecule has 2 aliphatic heterocycles. The fourth-order valence-electron chi connectivity index (χ4n) is 3.92. The molecule has 2 amide bonds. The van der Waals surface area contributed by atoms with E-state index < -0.39 is 29.3 Å². The van der Waals surface area contributed by atoms with Crippen LogP contribution in [0, 0.1) is 5.92 Å². The Hall–Kier alpha value is -1.99. The number of hydrogen-bond acceptors (Lipinski definition) is 5. The van der Waals surface area contributed by atoms with Gasteiger partial charge in [0.1, 0.15) is 17.2 Å². The predicted octanol–water partition coefficient (Wildman–Crippen LogP) is 3.14. The van der Waals surface area contributed by atoms with Crippen molar-refractivity contribution in [2.24, 2.45) is 5.92 Å². The van der Waals surface area contributed by atoms with Gasteiger partial charge in [0.25, 0.3) is 0 Å². The van der Waals surface area contributed by atoms with Crippen LogP contribution in [0.4, 0.5) is 9.59 Å². The zero-order chi connectivity index (χ0) is 20.6. The van der Waals surface area contributed by atoms with Crippen molar-refractivity contribution in [3.8, 4) is 0 Å². The smallest absolute Gasteiger partial charge is 0.410 e. The van der Waals surface area contributed by atoms with Crippen molar-refractivity contribution in [2.45, 2.75) is 96.6 Å². The number of rotatable bonds is 3. The van der Waals surface area contributed by atoms with Crippen molar-refractivity contribution in [2.75, 3.05) is 0 Å². The zero-order valence-electron chi connectivity index (χ0n) is 17.1. The van der Waals surface area contributed by atoms with Gasteiger partial charge in [-0.25, -0.2) is 14.4 Å². The van der Waals surface area contributed by atoms with Gasteiger partial charge in [-0.2, -0.15) is 0 Å². The largest absolute Gasteiger partial charge is 0.480 e. The summed E-state index contributed by atoms with van der Waals surface area (Å²) in [6.45, 7) is 10.6. The van der Waals surface area contributed by atoms with Gasteiger partial charge in [-0.3, -0.25) is 0 Å². The molecular formula is C19H32N2O6. The first-order chi connectivity index (χ1) is 12.3. The Bertz CT molecular complexity index is 578. The maximum atomic E-state index is 12.5. The molecule has 2 N–H and O–H groups in total. The third kappa shape index (κ3) is 5.74. The number of aliphatic carboxylic acids is 1. The minimum Gasteiger partial charge on any atom is -0.480 e. The number of piperidine rings is 1. The number of carbonyl (C=O) groups is 3. The molecule has 0 aromatic heterocycles. The topological polar surface area (TPSA) is 105 Å². The van der Waals surface area contributed by atoms with Crippen molar-refractivity contribution >= 4 is 18.2 Å². The number of nitrogens with one attached hydrogen (secondary N) is 1. The van der Waals surface area contributed by atoms with Crippen LogP contribution in [0.1, 0.15) is 67.2 Å². The van der Waals surface area contributed by atoms with Gasteiger partial charge < -0.3 is 24.8 Å². The molecule has 154 valence electrons. The van der Waals surface area contributed by atoms with E-state index in [4.69, 9.17) is 9.47 Å². The Morgan fingerprint density at radius 3 is 1.85 bits per heavy atom. The Morgan fingerprint density at radius 2 is 1.44 bits per heavy atom. The number of hydrogen-bond donors (Lipinski definition) is 2. The first-order valence-corrected chi connectivity index (χ1v) is 9.50. The highest BCUT2D eigenvalue weighted by molar-refractivity contribution is 5.80. The lowest BCUT2D eigenvalue weighted by Crippen LogP contribution is -2.55. The lowest BCUT2D eigenvalue weighted by Gasteiger charge is -2.41. The average Bonchev–Trinajstić information content (AvgIpc) is 2.72. The molecule has 2 aliphatic rings. The predicted molar refractivity (Wildman–Crippen MR) is 98.4 cm³/mol. The second kappa shape index (κ2) is 7.56. The summed E-state index contributed by atoms with van der Waals surface area (Å²) >= 11 is 0.